The van der Waals surface area contributed by atoms with Gasteiger partial charge in [-0.05, 0) is 48.2 Å². The van der Waals surface area contributed by atoms with Crippen molar-refractivity contribution in [3.8, 4) is 0 Å². The Morgan fingerprint density at radius 2 is 1.70 bits per heavy atom. The van der Waals surface area contributed by atoms with Crippen molar-refractivity contribution in [3.05, 3.63) is 67.6 Å². The molecule has 4 nitrogen and oxygen atoms in total. The number of hydrogen-bond donors (Lipinski definition) is 1. The van der Waals surface area contributed by atoms with Crippen LogP contribution in [0.15, 0.2) is 36.4 Å². The summed E-state index contributed by atoms with van der Waals surface area (Å²) in [7, 11) is 0. The average Bonchev–Trinajstić information content (AvgIpc) is 2.70. The van der Waals surface area contributed by atoms with Crippen molar-refractivity contribution in [2.75, 3.05) is 6.54 Å². The van der Waals surface area contributed by atoms with Gasteiger partial charge in [-0.15, -0.1) is 0 Å². The number of carbonyl (C=O) groups is 2. The Morgan fingerprint density at radius 3 is 2.30 bits per heavy atom. The third-order valence-electron chi connectivity index (χ3n) is 4.63. The molecule has 162 valence electrons. The minimum atomic E-state index is -0.621. The highest BCUT2D eigenvalue weighted by molar-refractivity contribution is 6.42. The Labute approximate surface area is 197 Å². The molecule has 30 heavy (non-hydrogen) atoms. The zero-order valence-corrected chi connectivity index (χ0v) is 19.9. The van der Waals surface area contributed by atoms with Gasteiger partial charge in [0.2, 0.25) is 11.8 Å². The molecule has 0 heterocycles. The number of carbonyl (C=O) groups excluding carboxylic acids is 2. The molecule has 0 saturated carbocycles. The monoisotopic (exact) mass is 488 g/mol. The van der Waals surface area contributed by atoms with Crippen molar-refractivity contribution in [2.45, 2.75) is 45.7 Å². The van der Waals surface area contributed by atoms with Crippen LogP contribution in [0.4, 0.5) is 0 Å². The largest absolute Gasteiger partial charge is 0.354 e. The van der Waals surface area contributed by atoms with Crippen LogP contribution in [0.1, 0.15) is 37.8 Å². The molecular weight excluding hydrogens is 466 g/mol. The zero-order chi connectivity index (χ0) is 22.3. The summed E-state index contributed by atoms with van der Waals surface area (Å²) in [4.78, 5) is 27.6. The fourth-order valence-electron chi connectivity index (χ4n) is 3.05. The molecule has 0 aliphatic carbocycles. The number of hydrogen-bond acceptors (Lipinski definition) is 2. The van der Waals surface area contributed by atoms with E-state index in [2.05, 4.69) is 5.32 Å². The SMILES string of the molecule is CCCNC(=O)C(CC)N(Cc1ccc(Cl)c(Cl)c1)C(=O)Cc1ccc(Cl)cc1Cl. The second-order valence-corrected chi connectivity index (χ2v) is 8.56. The van der Waals surface area contributed by atoms with Gasteiger partial charge in [0.15, 0.2) is 0 Å². The molecular formula is C22H24Cl4N2O2. The van der Waals surface area contributed by atoms with Gasteiger partial charge in [-0.3, -0.25) is 9.59 Å². The van der Waals surface area contributed by atoms with Crippen LogP contribution in [-0.4, -0.2) is 29.3 Å². The summed E-state index contributed by atoms with van der Waals surface area (Å²) in [5, 5.41) is 4.61. The first-order chi connectivity index (χ1) is 14.3. The van der Waals surface area contributed by atoms with Crippen LogP contribution in [0.5, 0.6) is 0 Å². The quantitative estimate of drug-likeness (QED) is 0.457. The maximum absolute atomic E-state index is 13.3. The summed E-state index contributed by atoms with van der Waals surface area (Å²) in [6, 6.07) is 9.56. The van der Waals surface area contributed by atoms with Crippen LogP contribution >= 0.6 is 46.4 Å². The Kier molecular flexibility index (Phi) is 9.76. The van der Waals surface area contributed by atoms with Crippen LogP contribution in [0.2, 0.25) is 20.1 Å². The molecule has 2 amide bonds. The Balaban J connectivity index is 2.33. The Morgan fingerprint density at radius 1 is 0.967 bits per heavy atom. The Bertz CT molecular complexity index is 905. The number of rotatable bonds is 9. The van der Waals surface area contributed by atoms with Crippen LogP contribution < -0.4 is 5.32 Å². The van der Waals surface area contributed by atoms with Gasteiger partial charge in [-0.1, -0.05) is 72.4 Å². The van der Waals surface area contributed by atoms with E-state index in [0.717, 1.165) is 12.0 Å². The number of nitrogens with zero attached hydrogens (tertiary/aromatic N) is 1. The van der Waals surface area contributed by atoms with Crippen molar-refractivity contribution in [3.63, 3.8) is 0 Å². The van der Waals surface area contributed by atoms with Crippen LogP contribution in [0.3, 0.4) is 0 Å². The highest BCUT2D eigenvalue weighted by Crippen LogP contribution is 2.26. The van der Waals surface area contributed by atoms with E-state index < -0.39 is 6.04 Å². The standard InChI is InChI=1S/C22H24Cl4N2O2/c1-3-9-27-22(30)20(4-2)28(13-14-5-8-17(24)19(26)10-14)21(29)11-15-6-7-16(23)12-18(15)25/h5-8,10,12,20H,3-4,9,11,13H2,1-2H3,(H,27,30). The summed E-state index contributed by atoms with van der Waals surface area (Å²) in [6.07, 6.45) is 1.33. The summed E-state index contributed by atoms with van der Waals surface area (Å²) in [6.45, 7) is 4.62. The van der Waals surface area contributed by atoms with Gasteiger partial charge in [-0.25, -0.2) is 0 Å². The van der Waals surface area contributed by atoms with E-state index in [1.54, 1.807) is 41.3 Å². The average molecular weight is 490 g/mol. The topological polar surface area (TPSA) is 49.4 Å². The highest BCUT2D eigenvalue weighted by Gasteiger charge is 2.29. The molecule has 0 spiro atoms. The van der Waals surface area contributed by atoms with Gasteiger partial charge in [0, 0.05) is 23.1 Å². The lowest BCUT2D eigenvalue weighted by molar-refractivity contribution is -0.140. The van der Waals surface area contributed by atoms with E-state index in [0.29, 0.717) is 38.6 Å². The first-order valence-corrected chi connectivity index (χ1v) is 11.2. The molecule has 0 fully saturated rings. The molecule has 2 aromatic rings. The van der Waals surface area contributed by atoms with Crippen LogP contribution in [0.25, 0.3) is 0 Å². The lowest BCUT2D eigenvalue weighted by Gasteiger charge is -2.31. The summed E-state index contributed by atoms with van der Waals surface area (Å²) in [5.41, 5.74) is 1.43. The smallest absolute Gasteiger partial charge is 0.242 e. The zero-order valence-electron chi connectivity index (χ0n) is 16.9. The Hall–Kier alpha value is -1.46. The lowest BCUT2D eigenvalue weighted by atomic mass is 10.1. The second-order valence-electron chi connectivity index (χ2n) is 6.90. The van der Waals surface area contributed by atoms with Gasteiger partial charge < -0.3 is 10.2 Å². The van der Waals surface area contributed by atoms with Crippen LogP contribution in [-0.2, 0) is 22.6 Å². The van der Waals surface area contributed by atoms with Gasteiger partial charge in [0.25, 0.3) is 0 Å². The molecule has 0 aromatic heterocycles. The molecule has 0 aliphatic heterocycles. The van der Waals surface area contributed by atoms with E-state index in [1.165, 1.54) is 0 Å². The molecule has 1 atom stereocenters. The highest BCUT2D eigenvalue weighted by atomic mass is 35.5. The summed E-state index contributed by atoms with van der Waals surface area (Å²) in [5.74, 6) is -0.404. The maximum atomic E-state index is 13.3. The third kappa shape index (κ3) is 6.78. The number of halogens is 4. The van der Waals surface area contributed by atoms with Gasteiger partial charge >= 0.3 is 0 Å². The molecule has 0 radical (unpaired) electrons. The van der Waals surface area contributed by atoms with E-state index >= 15 is 0 Å². The maximum Gasteiger partial charge on any atom is 0.242 e. The molecule has 0 bridgehead atoms. The van der Waals surface area contributed by atoms with Crippen molar-refractivity contribution < 1.29 is 9.59 Å². The molecule has 8 heteroatoms. The summed E-state index contributed by atoms with van der Waals surface area (Å²) >= 11 is 24.4. The molecule has 1 unspecified atom stereocenters. The summed E-state index contributed by atoms with van der Waals surface area (Å²) < 4.78 is 0. The molecule has 2 aromatic carbocycles. The number of nitrogens with one attached hydrogen (secondary N) is 1. The van der Waals surface area contributed by atoms with Crippen molar-refractivity contribution >= 4 is 58.2 Å². The third-order valence-corrected chi connectivity index (χ3v) is 5.95. The molecule has 0 aliphatic rings. The number of amides is 2. The van der Waals surface area contributed by atoms with Gasteiger partial charge in [-0.2, -0.15) is 0 Å². The van der Waals surface area contributed by atoms with Crippen molar-refractivity contribution in [1.82, 2.24) is 10.2 Å². The van der Waals surface area contributed by atoms with Gasteiger partial charge in [0.05, 0.1) is 16.5 Å². The molecule has 1 N–H and O–H groups in total. The van der Waals surface area contributed by atoms with Crippen LogP contribution in [0, 0.1) is 0 Å². The predicted octanol–water partition coefficient (Wildman–Crippen LogP) is 6.18. The first-order valence-electron chi connectivity index (χ1n) is 9.71. The second kappa shape index (κ2) is 11.8. The molecule has 2 rings (SSSR count). The molecule has 0 saturated heterocycles. The van der Waals surface area contributed by atoms with E-state index in [-0.39, 0.29) is 24.8 Å². The van der Waals surface area contributed by atoms with Crippen molar-refractivity contribution in [1.29, 1.82) is 0 Å². The predicted molar refractivity (Wildman–Crippen MR) is 125 cm³/mol. The fourth-order valence-corrected chi connectivity index (χ4v) is 3.85. The minimum absolute atomic E-state index is 0.0505. The van der Waals surface area contributed by atoms with E-state index in [4.69, 9.17) is 46.4 Å². The normalized spacial score (nSPS) is 11.8. The lowest BCUT2D eigenvalue weighted by Crippen LogP contribution is -2.49. The van der Waals surface area contributed by atoms with E-state index in [1.807, 2.05) is 13.8 Å². The van der Waals surface area contributed by atoms with Gasteiger partial charge in [0.1, 0.15) is 6.04 Å². The minimum Gasteiger partial charge on any atom is -0.354 e. The van der Waals surface area contributed by atoms with Crippen molar-refractivity contribution in [2.24, 2.45) is 0 Å². The fraction of sp³-hybridized carbons (Fsp3) is 0.364. The first kappa shape index (κ1) is 24.8. The van der Waals surface area contributed by atoms with E-state index in [9.17, 15) is 9.59 Å². The number of benzene rings is 2.